The van der Waals surface area contributed by atoms with Crippen LogP contribution in [0.1, 0.15) is 42.0 Å². The highest BCUT2D eigenvalue weighted by Gasteiger charge is 2.30. The Morgan fingerprint density at radius 3 is 2.41 bits per heavy atom. The van der Waals surface area contributed by atoms with E-state index in [0.717, 1.165) is 29.5 Å². The molecule has 0 aliphatic carbocycles. The van der Waals surface area contributed by atoms with Gasteiger partial charge in [-0.1, -0.05) is 91.2 Å². The summed E-state index contributed by atoms with van der Waals surface area (Å²) in [5.41, 5.74) is 3.42. The maximum absolute atomic E-state index is 14.2. The molecule has 0 fully saturated rings. The molecule has 3 aromatic carbocycles. The number of rotatable bonds is 13. The third kappa shape index (κ3) is 8.90. The average molecular weight is 541 g/mol. The van der Waals surface area contributed by atoms with Crippen LogP contribution < -0.4 is 5.32 Å². The van der Waals surface area contributed by atoms with Gasteiger partial charge in [0.15, 0.2) is 0 Å². The molecular weight excluding hydrogens is 507 g/mol. The molecule has 0 saturated carbocycles. The van der Waals surface area contributed by atoms with Crippen molar-refractivity contribution in [3.8, 4) is 0 Å². The van der Waals surface area contributed by atoms with Crippen molar-refractivity contribution in [3.63, 3.8) is 0 Å². The molecule has 0 radical (unpaired) electrons. The van der Waals surface area contributed by atoms with E-state index in [0.29, 0.717) is 30.1 Å². The third-order valence-electron chi connectivity index (χ3n) is 6.11. The van der Waals surface area contributed by atoms with Crippen molar-refractivity contribution in [1.82, 2.24) is 10.2 Å². The second kappa shape index (κ2) is 14.8. The molecule has 0 heterocycles. The molecule has 0 aromatic heterocycles. The smallest absolute Gasteiger partial charge is 0.243 e. The Labute approximate surface area is 228 Å². The highest BCUT2D eigenvalue weighted by Crippen LogP contribution is 2.25. The lowest BCUT2D eigenvalue weighted by molar-refractivity contribution is -0.139. The summed E-state index contributed by atoms with van der Waals surface area (Å²) in [6.07, 6.45) is 2.24. The third-order valence-corrected chi connectivity index (χ3v) is 7.41. The number of unbranched alkanes of at least 4 members (excludes halogenated alkanes) is 1. The maximum Gasteiger partial charge on any atom is 0.243 e. The van der Waals surface area contributed by atoms with Gasteiger partial charge in [-0.15, -0.1) is 11.8 Å². The molecule has 0 unspecified atom stereocenters. The second-order valence-electron chi connectivity index (χ2n) is 9.05. The molecule has 196 valence electrons. The molecule has 0 saturated heterocycles. The van der Waals surface area contributed by atoms with E-state index >= 15 is 0 Å². The molecule has 4 nitrogen and oxygen atoms in total. The number of aryl methyl sites for hydroxylation is 1. The van der Waals surface area contributed by atoms with E-state index in [9.17, 15) is 14.0 Å². The summed E-state index contributed by atoms with van der Waals surface area (Å²) in [6.45, 7) is 4.95. The quantitative estimate of drug-likeness (QED) is 0.249. The highest BCUT2D eigenvalue weighted by molar-refractivity contribution is 7.99. The van der Waals surface area contributed by atoms with Crippen molar-refractivity contribution in [2.75, 3.05) is 12.3 Å². The van der Waals surface area contributed by atoms with E-state index in [1.807, 2.05) is 61.5 Å². The van der Waals surface area contributed by atoms with E-state index < -0.39 is 6.04 Å². The van der Waals surface area contributed by atoms with Crippen molar-refractivity contribution in [2.24, 2.45) is 0 Å². The summed E-state index contributed by atoms with van der Waals surface area (Å²) in [4.78, 5) is 28.7. The molecule has 1 atom stereocenters. The fraction of sp³-hybridized carbons (Fsp3) is 0.333. The average Bonchev–Trinajstić information content (AvgIpc) is 2.89. The lowest BCUT2D eigenvalue weighted by atomic mass is 10.0. The van der Waals surface area contributed by atoms with Crippen LogP contribution in [0.15, 0.2) is 72.8 Å². The van der Waals surface area contributed by atoms with Gasteiger partial charge in [-0.05, 0) is 36.6 Å². The predicted octanol–water partition coefficient (Wildman–Crippen LogP) is 6.58. The fourth-order valence-electron chi connectivity index (χ4n) is 3.94. The van der Waals surface area contributed by atoms with Gasteiger partial charge >= 0.3 is 0 Å². The first-order valence-corrected chi connectivity index (χ1v) is 14.1. The number of hydrogen-bond donors (Lipinski definition) is 1. The number of hydrogen-bond acceptors (Lipinski definition) is 3. The standard InChI is InChI=1S/C30H34ClFN2O2S/c1-3-4-17-33-30(36)28(18-23-9-6-5-7-10-23)34(19-24-15-13-22(2)14-16-24)29(35)21-37-20-25-26(31)11-8-12-27(25)32/h5-16,28H,3-4,17-21H2,1-2H3,(H,33,36)/t28-/m0/s1. The molecule has 0 aliphatic heterocycles. The molecule has 1 N–H and O–H groups in total. The zero-order chi connectivity index (χ0) is 26.6. The summed E-state index contributed by atoms with van der Waals surface area (Å²) >= 11 is 7.46. The minimum absolute atomic E-state index is 0.101. The molecule has 3 rings (SSSR count). The van der Waals surface area contributed by atoms with Crippen molar-refractivity contribution in [1.29, 1.82) is 0 Å². The van der Waals surface area contributed by atoms with Crippen molar-refractivity contribution >= 4 is 35.2 Å². The summed E-state index contributed by atoms with van der Waals surface area (Å²) in [5.74, 6) is -0.364. The Kier molecular flexibility index (Phi) is 11.5. The molecule has 0 spiro atoms. The number of carbonyl (C=O) groups excluding carboxylic acids is 2. The summed E-state index contributed by atoms with van der Waals surface area (Å²) in [7, 11) is 0. The summed E-state index contributed by atoms with van der Waals surface area (Å²) in [5, 5.41) is 3.37. The van der Waals surface area contributed by atoms with Crippen molar-refractivity contribution in [3.05, 3.63) is 106 Å². The number of amides is 2. The Morgan fingerprint density at radius 2 is 1.73 bits per heavy atom. The van der Waals surface area contributed by atoms with Gasteiger partial charge in [-0.3, -0.25) is 9.59 Å². The van der Waals surface area contributed by atoms with Gasteiger partial charge < -0.3 is 10.2 Å². The molecule has 0 bridgehead atoms. The van der Waals surface area contributed by atoms with Gasteiger partial charge in [0.05, 0.1) is 5.75 Å². The van der Waals surface area contributed by atoms with Crippen molar-refractivity contribution in [2.45, 2.75) is 51.4 Å². The Balaban J connectivity index is 1.84. The number of halogens is 2. The molecule has 2 amide bonds. The van der Waals surface area contributed by atoms with Crippen LogP contribution in [0.4, 0.5) is 4.39 Å². The molecular formula is C30H34ClFN2O2S. The summed E-state index contributed by atoms with van der Waals surface area (Å²) < 4.78 is 14.2. The van der Waals surface area contributed by atoms with Gasteiger partial charge in [0.25, 0.3) is 0 Å². The number of nitrogens with zero attached hydrogens (tertiary/aromatic N) is 1. The van der Waals surface area contributed by atoms with E-state index in [4.69, 9.17) is 11.6 Å². The van der Waals surface area contributed by atoms with Gasteiger partial charge in [0.2, 0.25) is 11.8 Å². The van der Waals surface area contributed by atoms with Crippen molar-refractivity contribution < 1.29 is 14.0 Å². The van der Waals surface area contributed by atoms with Crippen LogP contribution in [0.3, 0.4) is 0 Å². The zero-order valence-electron chi connectivity index (χ0n) is 21.4. The van der Waals surface area contributed by atoms with E-state index in [1.165, 1.54) is 17.8 Å². The lowest BCUT2D eigenvalue weighted by Gasteiger charge is -2.31. The van der Waals surface area contributed by atoms with E-state index in [2.05, 4.69) is 12.2 Å². The Hall–Kier alpha value is -2.83. The topological polar surface area (TPSA) is 49.4 Å². The van der Waals surface area contributed by atoms with Crippen LogP contribution in [0, 0.1) is 12.7 Å². The second-order valence-corrected chi connectivity index (χ2v) is 10.4. The Morgan fingerprint density at radius 1 is 1.00 bits per heavy atom. The summed E-state index contributed by atoms with van der Waals surface area (Å²) in [6, 6.07) is 21.6. The van der Waals surface area contributed by atoms with Gasteiger partial charge in [0.1, 0.15) is 11.9 Å². The number of nitrogens with one attached hydrogen (secondary N) is 1. The first-order chi connectivity index (χ1) is 17.9. The van der Waals surface area contributed by atoms with Gasteiger partial charge in [0, 0.05) is 35.8 Å². The van der Waals surface area contributed by atoms with E-state index in [1.54, 1.807) is 17.0 Å². The predicted molar refractivity (Wildman–Crippen MR) is 151 cm³/mol. The van der Waals surface area contributed by atoms with E-state index in [-0.39, 0.29) is 29.1 Å². The maximum atomic E-state index is 14.2. The lowest BCUT2D eigenvalue weighted by Crippen LogP contribution is -2.51. The van der Waals surface area contributed by atoms with Crippen LogP contribution in [0.25, 0.3) is 0 Å². The van der Waals surface area contributed by atoms with Gasteiger partial charge in [-0.2, -0.15) is 0 Å². The minimum atomic E-state index is -0.675. The molecule has 3 aromatic rings. The number of thioether (sulfide) groups is 1. The van der Waals surface area contributed by atoms with Crippen LogP contribution in [0.5, 0.6) is 0 Å². The molecule has 0 aliphatic rings. The monoisotopic (exact) mass is 540 g/mol. The first-order valence-electron chi connectivity index (χ1n) is 12.6. The largest absolute Gasteiger partial charge is 0.354 e. The SMILES string of the molecule is CCCCNC(=O)[C@H](Cc1ccccc1)N(Cc1ccc(C)cc1)C(=O)CSCc1c(F)cccc1Cl. The molecule has 7 heteroatoms. The fourth-order valence-corrected chi connectivity index (χ4v) is 5.19. The highest BCUT2D eigenvalue weighted by atomic mass is 35.5. The van der Waals surface area contributed by atoms with Crippen LogP contribution in [-0.4, -0.2) is 35.1 Å². The molecule has 37 heavy (non-hydrogen) atoms. The first kappa shape index (κ1) is 28.7. The Bertz CT molecular complexity index is 1140. The number of carbonyl (C=O) groups is 2. The normalized spacial score (nSPS) is 11.7. The zero-order valence-corrected chi connectivity index (χ0v) is 23.0. The minimum Gasteiger partial charge on any atom is -0.354 e. The van der Waals surface area contributed by atoms with Crippen LogP contribution in [-0.2, 0) is 28.3 Å². The van der Waals surface area contributed by atoms with Crippen LogP contribution >= 0.6 is 23.4 Å². The van der Waals surface area contributed by atoms with Crippen LogP contribution in [0.2, 0.25) is 5.02 Å². The van der Waals surface area contributed by atoms with Gasteiger partial charge in [-0.25, -0.2) is 4.39 Å². The number of benzene rings is 3.